The van der Waals surface area contributed by atoms with Crippen molar-refractivity contribution in [2.45, 2.75) is 12.8 Å². The molecule has 5 nitrogen and oxygen atoms in total. The van der Waals surface area contributed by atoms with Gasteiger partial charge in [-0.15, -0.1) is 0 Å². The Balaban J connectivity index is 2.96. The molecule has 0 aliphatic carbocycles. The average molecular weight is 169 g/mol. The lowest BCUT2D eigenvalue weighted by Crippen LogP contribution is -2.08. The molecule has 0 aliphatic rings. The number of nitrogens with two attached hydrogens (primary N) is 1. The van der Waals surface area contributed by atoms with Crippen molar-refractivity contribution in [1.29, 1.82) is 0 Å². The van der Waals surface area contributed by atoms with E-state index in [0.717, 1.165) is 0 Å². The summed E-state index contributed by atoms with van der Waals surface area (Å²) in [7, 11) is 1.67. The molecule has 3 N–H and O–H groups in total. The highest BCUT2D eigenvalue weighted by molar-refractivity contribution is 5.75. The number of carbonyl (C=O) groups is 1. The van der Waals surface area contributed by atoms with Gasteiger partial charge in [-0.1, -0.05) is 0 Å². The third kappa shape index (κ3) is 1.39. The molecule has 0 saturated carbocycles. The summed E-state index contributed by atoms with van der Waals surface area (Å²) in [6.45, 7) is 1.57. The van der Waals surface area contributed by atoms with Crippen LogP contribution in [-0.4, -0.2) is 20.9 Å². The molecule has 0 radical (unpaired) electrons. The summed E-state index contributed by atoms with van der Waals surface area (Å²) < 4.78 is 1.45. The standard InChI is InChI=1S/C7H11N3O2/c1-4(7(11)12)5-3-6(8)10(2)9-5/h3-4H,8H2,1-2H3,(H,11,12). The van der Waals surface area contributed by atoms with E-state index in [2.05, 4.69) is 5.10 Å². The first-order valence-corrected chi connectivity index (χ1v) is 3.54. The second-order valence-electron chi connectivity index (χ2n) is 2.68. The average Bonchev–Trinajstić information content (AvgIpc) is 2.30. The molecule has 0 aromatic carbocycles. The van der Waals surface area contributed by atoms with Crippen molar-refractivity contribution in [2.75, 3.05) is 5.73 Å². The summed E-state index contributed by atoms with van der Waals surface area (Å²) in [6.07, 6.45) is 0. The number of nitrogens with zero attached hydrogens (tertiary/aromatic N) is 2. The zero-order valence-corrected chi connectivity index (χ0v) is 6.98. The van der Waals surface area contributed by atoms with E-state index < -0.39 is 11.9 Å². The molecule has 1 aromatic rings. The summed E-state index contributed by atoms with van der Waals surface area (Å²) in [5.41, 5.74) is 5.97. The Labute approximate surface area is 69.8 Å². The van der Waals surface area contributed by atoms with Crippen LogP contribution < -0.4 is 5.73 Å². The Bertz CT molecular complexity index is 286. The second-order valence-corrected chi connectivity index (χ2v) is 2.68. The van der Waals surface area contributed by atoms with Crippen molar-refractivity contribution in [3.63, 3.8) is 0 Å². The first kappa shape index (κ1) is 8.58. The summed E-state index contributed by atoms with van der Waals surface area (Å²) in [4.78, 5) is 10.5. The van der Waals surface area contributed by atoms with Gasteiger partial charge >= 0.3 is 5.97 Å². The van der Waals surface area contributed by atoms with Crippen molar-refractivity contribution in [3.8, 4) is 0 Å². The Hall–Kier alpha value is -1.52. The fraction of sp³-hybridized carbons (Fsp3) is 0.429. The number of hydrogen-bond acceptors (Lipinski definition) is 3. The monoisotopic (exact) mass is 169 g/mol. The molecule has 1 aromatic heterocycles. The van der Waals surface area contributed by atoms with Gasteiger partial charge < -0.3 is 10.8 Å². The molecular formula is C7H11N3O2. The molecule has 0 amide bonds. The summed E-state index contributed by atoms with van der Waals surface area (Å²) in [5.74, 6) is -1.03. The van der Waals surface area contributed by atoms with Crippen LogP contribution in [0.4, 0.5) is 5.82 Å². The van der Waals surface area contributed by atoms with E-state index in [4.69, 9.17) is 10.8 Å². The van der Waals surface area contributed by atoms with Gasteiger partial charge in [0.1, 0.15) is 5.82 Å². The highest BCUT2D eigenvalue weighted by atomic mass is 16.4. The number of aromatic nitrogens is 2. The largest absolute Gasteiger partial charge is 0.481 e. The molecule has 5 heteroatoms. The van der Waals surface area contributed by atoms with Crippen LogP contribution in [0.15, 0.2) is 6.07 Å². The van der Waals surface area contributed by atoms with Gasteiger partial charge in [0.15, 0.2) is 0 Å². The number of carboxylic acid groups (broad SMARTS) is 1. The van der Waals surface area contributed by atoms with E-state index in [9.17, 15) is 4.79 Å². The first-order chi connectivity index (χ1) is 5.52. The van der Waals surface area contributed by atoms with Gasteiger partial charge in [-0.25, -0.2) is 0 Å². The minimum Gasteiger partial charge on any atom is -0.481 e. The maximum atomic E-state index is 10.5. The van der Waals surface area contributed by atoms with Gasteiger partial charge in [0.05, 0.1) is 11.6 Å². The molecule has 0 spiro atoms. The Morgan fingerprint density at radius 2 is 2.42 bits per heavy atom. The number of carboxylic acids is 1. The van der Waals surface area contributed by atoms with Gasteiger partial charge in [-0.05, 0) is 6.92 Å². The number of aliphatic carboxylic acids is 1. The Morgan fingerprint density at radius 1 is 1.83 bits per heavy atom. The fourth-order valence-corrected chi connectivity index (χ4v) is 0.843. The van der Waals surface area contributed by atoms with Crippen LogP contribution in [0, 0.1) is 0 Å². The van der Waals surface area contributed by atoms with Crippen LogP contribution in [0.3, 0.4) is 0 Å². The Kier molecular flexibility index (Phi) is 2.03. The Morgan fingerprint density at radius 3 is 2.75 bits per heavy atom. The van der Waals surface area contributed by atoms with E-state index in [1.165, 1.54) is 4.68 Å². The van der Waals surface area contributed by atoms with Crippen LogP contribution in [0.5, 0.6) is 0 Å². The van der Waals surface area contributed by atoms with Crippen molar-refractivity contribution in [1.82, 2.24) is 9.78 Å². The smallest absolute Gasteiger partial charge is 0.312 e. The lowest BCUT2D eigenvalue weighted by molar-refractivity contribution is -0.138. The molecule has 0 saturated heterocycles. The molecule has 66 valence electrons. The number of anilines is 1. The molecule has 12 heavy (non-hydrogen) atoms. The maximum Gasteiger partial charge on any atom is 0.312 e. The van der Waals surface area contributed by atoms with E-state index in [-0.39, 0.29) is 0 Å². The third-order valence-electron chi connectivity index (χ3n) is 1.75. The van der Waals surface area contributed by atoms with Gasteiger partial charge in [0.2, 0.25) is 0 Å². The summed E-state index contributed by atoms with van der Waals surface area (Å²) in [6, 6.07) is 1.57. The summed E-state index contributed by atoms with van der Waals surface area (Å²) in [5, 5.41) is 12.6. The highest BCUT2D eigenvalue weighted by Gasteiger charge is 2.17. The number of nitrogen functional groups attached to an aromatic ring is 1. The molecule has 1 atom stereocenters. The van der Waals surface area contributed by atoms with Crippen molar-refractivity contribution in [2.24, 2.45) is 7.05 Å². The normalized spacial score (nSPS) is 12.8. The minimum atomic E-state index is -0.895. The molecule has 0 aliphatic heterocycles. The predicted molar refractivity (Wildman–Crippen MR) is 43.7 cm³/mol. The maximum absolute atomic E-state index is 10.5. The molecular weight excluding hydrogens is 158 g/mol. The number of hydrogen-bond donors (Lipinski definition) is 2. The second kappa shape index (κ2) is 2.84. The van der Waals surface area contributed by atoms with Gasteiger partial charge in [0.25, 0.3) is 0 Å². The fourth-order valence-electron chi connectivity index (χ4n) is 0.843. The predicted octanol–water partition coefficient (Wildman–Crippen LogP) is 0.190. The number of rotatable bonds is 2. The van der Waals surface area contributed by atoms with E-state index in [1.54, 1.807) is 20.0 Å². The highest BCUT2D eigenvalue weighted by Crippen LogP contribution is 2.15. The molecule has 0 bridgehead atoms. The van der Waals surface area contributed by atoms with Crippen LogP contribution in [-0.2, 0) is 11.8 Å². The van der Waals surface area contributed by atoms with Gasteiger partial charge in [-0.3, -0.25) is 9.48 Å². The van der Waals surface area contributed by atoms with Crippen LogP contribution >= 0.6 is 0 Å². The molecule has 1 unspecified atom stereocenters. The van der Waals surface area contributed by atoms with E-state index >= 15 is 0 Å². The first-order valence-electron chi connectivity index (χ1n) is 3.54. The van der Waals surface area contributed by atoms with Gasteiger partial charge in [-0.2, -0.15) is 5.10 Å². The van der Waals surface area contributed by atoms with Crippen molar-refractivity contribution in [3.05, 3.63) is 11.8 Å². The van der Waals surface area contributed by atoms with Crippen molar-refractivity contribution >= 4 is 11.8 Å². The summed E-state index contributed by atoms with van der Waals surface area (Å²) >= 11 is 0. The van der Waals surface area contributed by atoms with E-state index in [0.29, 0.717) is 11.5 Å². The lowest BCUT2D eigenvalue weighted by Gasteiger charge is -1.99. The van der Waals surface area contributed by atoms with Crippen LogP contribution in [0.25, 0.3) is 0 Å². The third-order valence-corrected chi connectivity index (χ3v) is 1.75. The van der Waals surface area contributed by atoms with Gasteiger partial charge in [0, 0.05) is 13.1 Å². The van der Waals surface area contributed by atoms with E-state index in [1.807, 2.05) is 0 Å². The molecule has 1 heterocycles. The number of aryl methyl sites for hydroxylation is 1. The lowest BCUT2D eigenvalue weighted by atomic mass is 10.1. The van der Waals surface area contributed by atoms with Crippen molar-refractivity contribution < 1.29 is 9.90 Å². The topological polar surface area (TPSA) is 81.1 Å². The zero-order valence-electron chi connectivity index (χ0n) is 6.98. The molecule has 0 fully saturated rings. The minimum absolute atomic E-state index is 0.470. The van der Waals surface area contributed by atoms with Crippen LogP contribution in [0.1, 0.15) is 18.5 Å². The van der Waals surface area contributed by atoms with Crippen LogP contribution in [0.2, 0.25) is 0 Å². The quantitative estimate of drug-likeness (QED) is 0.662. The molecule has 1 rings (SSSR count). The SMILES string of the molecule is CC(C(=O)O)c1cc(N)n(C)n1. The zero-order chi connectivity index (χ0) is 9.30.